The summed E-state index contributed by atoms with van der Waals surface area (Å²) in [6, 6.07) is 44.7. The predicted molar refractivity (Wildman–Crippen MR) is 181 cm³/mol. The molecule has 0 unspecified atom stereocenters. The summed E-state index contributed by atoms with van der Waals surface area (Å²) < 4.78 is 41.2. The molecule has 0 aliphatic carbocycles. The molecule has 0 N–H and O–H groups in total. The van der Waals surface area contributed by atoms with Gasteiger partial charge in [-0.3, -0.25) is 0 Å². The Balaban J connectivity index is 1.39. The number of hydrogen-bond acceptors (Lipinski definition) is 1. The van der Waals surface area contributed by atoms with Crippen molar-refractivity contribution in [3.63, 3.8) is 0 Å². The molecule has 1 nitrogen and oxygen atoms in total. The smallest absolute Gasteiger partial charge is 0.135 e. The monoisotopic (exact) mass is 550 g/mol. The highest BCUT2D eigenvalue weighted by atomic mass is 16.5. The lowest BCUT2D eigenvalue weighted by Gasteiger charge is -2.24. The highest BCUT2D eigenvalue weighted by Crippen LogP contribution is 2.51. The fraction of sp³-hybridized carbons (Fsp3) is 0. The second kappa shape index (κ2) is 9.44. The van der Waals surface area contributed by atoms with Gasteiger partial charge >= 0.3 is 0 Å². The van der Waals surface area contributed by atoms with Gasteiger partial charge in [0.1, 0.15) is 11.5 Å². The number of rotatable bonds is 3. The summed E-state index contributed by atoms with van der Waals surface area (Å²) in [5.74, 6) is 1.61. The van der Waals surface area contributed by atoms with Crippen LogP contribution in [0.5, 0.6) is 11.5 Å². The van der Waals surface area contributed by atoms with Crippen LogP contribution in [-0.4, -0.2) is 0 Å². The van der Waals surface area contributed by atoms with E-state index in [1.807, 2.05) is 48.5 Å². The number of para-hydroxylation sites is 1. The van der Waals surface area contributed by atoms with Gasteiger partial charge in [0, 0.05) is 10.9 Å². The van der Waals surface area contributed by atoms with Crippen LogP contribution in [0.15, 0.2) is 158 Å². The Labute approximate surface area is 255 Å². The average Bonchev–Trinajstić information content (AvgIpc) is 3.10. The molecule has 0 saturated carbocycles. The Morgan fingerprint density at radius 2 is 0.907 bits per heavy atom. The molecular formula is C42H26O. The molecule has 0 atom stereocenters. The zero-order valence-corrected chi connectivity index (χ0v) is 23.1. The van der Waals surface area contributed by atoms with Crippen molar-refractivity contribution in [1.29, 1.82) is 0 Å². The van der Waals surface area contributed by atoms with Crippen molar-refractivity contribution in [1.82, 2.24) is 0 Å². The Bertz CT molecular complexity index is 2500. The zero-order valence-electron chi connectivity index (χ0n) is 27.1. The minimum Gasteiger partial charge on any atom is -0.456 e. The molecule has 1 heterocycles. The van der Waals surface area contributed by atoms with E-state index >= 15 is 0 Å². The summed E-state index contributed by atoms with van der Waals surface area (Å²) in [7, 11) is 0. The molecule has 0 spiro atoms. The number of ether oxygens (including phenoxy) is 1. The van der Waals surface area contributed by atoms with Crippen LogP contribution >= 0.6 is 0 Å². The predicted octanol–water partition coefficient (Wildman–Crippen LogP) is 11.9. The third kappa shape index (κ3) is 3.65. The third-order valence-corrected chi connectivity index (χ3v) is 8.64. The molecule has 0 fully saturated rings. The van der Waals surface area contributed by atoms with E-state index in [0.29, 0.717) is 0 Å². The molecule has 43 heavy (non-hydrogen) atoms. The number of fused-ring (bicyclic) bond motifs is 4. The van der Waals surface area contributed by atoms with Gasteiger partial charge in [0.05, 0.1) is 5.48 Å². The van der Waals surface area contributed by atoms with Crippen molar-refractivity contribution in [2.45, 2.75) is 0 Å². The van der Waals surface area contributed by atoms with Gasteiger partial charge < -0.3 is 4.74 Å². The molecule has 200 valence electrons. The van der Waals surface area contributed by atoms with E-state index in [2.05, 4.69) is 60.7 Å². The molecule has 0 radical (unpaired) electrons. The van der Waals surface area contributed by atoms with Gasteiger partial charge in [0.25, 0.3) is 0 Å². The molecule has 0 bridgehead atoms. The fourth-order valence-corrected chi connectivity index (χ4v) is 6.74. The molecule has 0 saturated heterocycles. The molecule has 0 aromatic heterocycles. The van der Waals surface area contributed by atoms with Crippen molar-refractivity contribution in [2.75, 3.05) is 0 Å². The van der Waals surface area contributed by atoms with E-state index in [-0.39, 0.29) is 24.2 Å². The molecule has 0 amide bonds. The van der Waals surface area contributed by atoms with Crippen molar-refractivity contribution in [3.8, 4) is 56.0 Å². The maximum atomic E-state index is 8.72. The number of benzene rings is 8. The molecule has 8 aromatic carbocycles. The zero-order chi connectivity index (χ0) is 31.8. The molecule has 8 aromatic rings. The van der Waals surface area contributed by atoms with Crippen molar-refractivity contribution in [3.05, 3.63) is 158 Å². The van der Waals surface area contributed by atoms with Gasteiger partial charge in [0.2, 0.25) is 0 Å². The highest BCUT2D eigenvalue weighted by molar-refractivity contribution is 6.24. The minimum atomic E-state index is 0.131. The Hall–Kier alpha value is -5.66. The van der Waals surface area contributed by atoms with Crippen LogP contribution in [0.2, 0.25) is 0 Å². The summed E-state index contributed by atoms with van der Waals surface area (Å²) in [6.07, 6.45) is 0. The van der Waals surface area contributed by atoms with Gasteiger partial charge in [0.15, 0.2) is 0 Å². The van der Waals surface area contributed by atoms with Crippen LogP contribution in [0.1, 0.15) is 5.48 Å². The Morgan fingerprint density at radius 1 is 0.349 bits per heavy atom. The Morgan fingerprint density at radius 3 is 1.63 bits per heavy atom. The second-order valence-electron chi connectivity index (χ2n) is 10.9. The summed E-state index contributed by atoms with van der Waals surface area (Å²) in [6.45, 7) is 0. The van der Waals surface area contributed by atoms with Crippen LogP contribution in [0.4, 0.5) is 0 Å². The average molecular weight is 551 g/mol. The van der Waals surface area contributed by atoms with Crippen LogP contribution in [0.3, 0.4) is 0 Å². The van der Waals surface area contributed by atoms with E-state index in [9.17, 15) is 0 Å². The molecule has 1 aliphatic rings. The lowest BCUT2D eigenvalue weighted by molar-refractivity contribution is 0.487. The SMILES string of the molecule is [2H]c1cc2c(-c3ccc(-c4ccccc4)cc3)c3cc([2H])c([2H])cc3c(-c3ccc4c5c(cccc35)Oc3ccccc3-4)c2cc1[2H]. The van der Waals surface area contributed by atoms with Gasteiger partial charge in [-0.15, -0.1) is 0 Å². The number of hydrogen-bond donors (Lipinski definition) is 0. The lowest BCUT2D eigenvalue weighted by atomic mass is 9.83. The summed E-state index contributed by atoms with van der Waals surface area (Å²) >= 11 is 0. The van der Waals surface area contributed by atoms with Gasteiger partial charge in [-0.25, -0.2) is 0 Å². The highest BCUT2D eigenvalue weighted by Gasteiger charge is 2.23. The normalized spacial score (nSPS) is 13.2. The first-order valence-corrected chi connectivity index (χ1v) is 14.4. The van der Waals surface area contributed by atoms with Crippen LogP contribution in [0.25, 0.3) is 76.8 Å². The van der Waals surface area contributed by atoms with E-state index in [0.717, 1.165) is 88.3 Å². The maximum Gasteiger partial charge on any atom is 0.135 e. The van der Waals surface area contributed by atoms with E-state index in [1.54, 1.807) is 24.3 Å². The van der Waals surface area contributed by atoms with Gasteiger partial charge in [-0.2, -0.15) is 0 Å². The lowest BCUT2D eigenvalue weighted by Crippen LogP contribution is -1.98. The van der Waals surface area contributed by atoms with Gasteiger partial charge in [-0.1, -0.05) is 145 Å². The maximum absolute atomic E-state index is 8.72. The summed E-state index contributed by atoms with van der Waals surface area (Å²) in [4.78, 5) is 0. The van der Waals surface area contributed by atoms with Crippen LogP contribution < -0.4 is 4.74 Å². The first-order chi connectivity index (χ1) is 23.0. The first kappa shape index (κ1) is 20.3. The molecule has 1 aliphatic heterocycles. The molecular weight excluding hydrogens is 520 g/mol. The van der Waals surface area contributed by atoms with E-state index < -0.39 is 0 Å². The Kier molecular flexibility index (Phi) is 4.45. The second-order valence-corrected chi connectivity index (χ2v) is 10.9. The minimum absolute atomic E-state index is 0.131. The molecule has 9 rings (SSSR count). The van der Waals surface area contributed by atoms with Crippen LogP contribution in [-0.2, 0) is 0 Å². The fourth-order valence-electron chi connectivity index (χ4n) is 6.74. The largest absolute Gasteiger partial charge is 0.456 e. The summed E-state index contributed by atoms with van der Waals surface area (Å²) in [5.41, 5.74) is 8.01. The first-order valence-electron chi connectivity index (χ1n) is 16.4. The molecule has 1 heteroatoms. The third-order valence-electron chi connectivity index (χ3n) is 8.64. The topological polar surface area (TPSA) is 9.23 Å². The van der Waals surface area contributed by atoms with Crippen molar-refractivity contribution in [2.24, 2.45) is 0 Å². The van der Waals surface area contributed by atoms with E-state index in [1.165, 1.54) is 0 Å². The standard InChI is InChI=1S/C42H26O/c1-2-11-27(12-3-1)28-21-23-29(24-22-28)40-31-14-4-6-16-33(31)41(34-17-7-5-15-32(34)40)37-26-25-36-30-13-8-9-19-38(30)43-39-20-10-18-35(37)42(36)39/h1-26H/i4D,5D,6D,7D. The quantitative estimate of drug-likeness (QED) is 0.199. The van der Waals surface area contributed by atoms with Gasteiger partial charge in [-0.05, 0) is 78.0 Å². The van der Waals surface area contributed by atoms with Crippen LogP contribution in [0, 0.1) is 0 Å². The van der Waals surface area contributed by atoms with E-state index in [4.69, 9.17) is 10.2 Å². The van der Waals surface area contributed by atoms with Crippen molar-refractivity contribution < 1.29 is 10.2 Å². The summed E-state index contributed by atoms with van der Waals surface area (Å²) in [5, 5.41) is 5.34. The van der Waals surface area contributed by atoms with Crippen molar-refractivity contribution >= 4 is 32.3 Å².